The molecule has 1 fully saturated rings. The van der Waals surface area contributed by atoms with Crippen LogP contribution >= 0.6 is 0 Å². The Balaban J connectivity index is 1.37. The molecular weight excluding hydrogens is 444 g/mol. The molecule has 7 heteroatoms. The number of hydrogen-bond acceptors (Lipinski definition) is 4. The van der Waals surface area contributed by atoms with E-state index >= 15 is 0 Å². The van der Waals surface area contributed by atoms with E-state index in [-0.39, 0.29) is 30.8 Å². The van der Waals surface area contributed by atoms with E-state index in [4.69, 9.17) is 4.74 Å². The predicted molar refractivity (Wildman–Crippen MR) is 133 cm³/mol. The van der Waals surface area contributed by atoms with Crippen molar-refractivity contribution in [2.75, 3.05) is 6.61 Å². The van der Waals surface area contributed by atoms with Gasteiger partial charge >= 0.3 is 12.1 Å². The zero-order valence-electron chi connectivity index (χ0n) is 20.4. The number of alkyl carbamates (subject to hydrolysis) is 1. The van der Waals surface area contributed by atoms with Crippen LogP contribution in [-0.2, 0) is 14.3 Å². The molecule has 2 aliphatic carbocycles. The number of carbonyl (C=O) groups excluding carboxylic acids is 2. The number of hydrogen-bond donors (Lipinski definition) is 3. The first-order valence-corrected chi connectivity index (χ1v) is 12.5. The van der Waals surface area contributed by atoms with Gasteiger partial charge in [0.25, 0.3) is 0 Å². The fourth-order valence-electron chi connectivity index (χ4n) is 5.31. The maximum atomic E-state index is 12.8. The maximum Gasteiger partial charge on any atom is 0.407 e. The van der Waals surface area contributed by atoms with Crippen LogP contribution in [0, 0.1) is 5.92 Å². The molecule has 1 saturated carbocycles. The van der Waals surface area contributed by atoms with Crippen LogP contribution < -0.4 is 10.6 Å². The first kappa shape index (κ1) is 24.8. The summed E-state index contributed by atoms with van der Waals surface area (Å²) in [6, 6.07) is 15.8. The molecule has 0 aromatic heterocycles. The van der Waals surface area contributed by atoms with Crippen molar-refractivity contribution >= 4 is 18.0 Å². The Kier molecular flexibility index (Phi) is 7.43. The second-order valence-corrected chi connectivity index (χ2v) is 10.0. The number of carboxylic acid groups (broad SMARTS) is 1. The molecular formula is C28H34N2O5. The number of ether oxygens (including phenoxy) is 1. The van der Waals surface area contributed by atoms with E-state index in [0.29, 0.717) is 12.8 Å². The molecule has 0 bridgehead atoms. The summed E-state index contributed by atoms with van der Waals surface area (Å²) in [7, 11) is 0. The minimum atomic E-state index is -1.21. The second-order valence-electron chi connectivity index (χ2n) is 10.0. The molecule has 4 rings (SSSR count). The molecule has 186 valence electrons. The van der Waals surface area contributed by atoms with Gasteiger partial charge in [0.1, 0.15) is 12.1 Å². The third kappa shape index (κ3) is 5.34. The molecule has 2 aromatic carbocycles. The van der Waals surface area contributed by atoms with E-state index in [9.17, 15) is 19.5 Å². The number of carbonyl (C=O) groups is 3. The van der Waals surface area contributed by atoms with Crippen LogP contribution in [-0.4, -0.2) is 41.3 Å². The monoisotopic (exact) mass is 478 g/mol. The number of fused-ring (bicyclic) bond motifs is 3. The van der Waals surface area contributed by atoms with Crippen LogP contribution in [0.15, 0.2) is 48.5 Å². The smallest absolute Gasteiger partial charge is 0.407 e. The Labute approximate surface area is 206 Å². The Morgan fingerprint density at radius 1 is 0.971 bits per heavy atom. The van der Waals surface area contributed by atoms with Gasteiger partial charge in [0, 0.05) is 18.4 Å². The van der Waals surface area contributed by atoms with Crippen molar-refractivity contribution in [2.45, 2.75) is 69.9 Å². The van der Waals surface area contributed by atoms with E-state index in [2.05, 4.69) is 34.9 Å². The van der Waals surface area contributed by atoms with Gasteiger partial charge in [-0.1, -0.05) is 81.6 Å². The molecule has 0 unspecified atom stereocenters. The van der Waals surface area contributed by atoms with Crippen molar-refractivity contribution in [3.63, 3.8) is 0 Å². The third-order valence-corrected chi connectivity index (χ3v) is 7.35. The molecule has 2 aromatic rings. The zero-order chi connectivity index (χ0) is 25.0. The molecule has 0 saturated heterocycles. The topological polar surface area (TPSA) is 105 Å². The molecule has 0 radical (unpaired) electrons. The summed E-state index contributed by atoms with van der Waals surface area (Å²) in [5.41, 5.74) is 3.37. The molecule has 3 N–H and O–H groups in total. The lowest BCUT2D eigenvalue weighted by atomic mass is 9.81. The van der Waals surface area contributed by atoms with E-state index < -0.39 is 23.6 Å². The van der Waals surface area contributed by atoms with Gasteiger partial charge in [0.15, 0.2) is 0 Å². The van der Waals surface area contributed by atoms with Gasteiger partial charge in [-0.05, 0) is 41.0 Å². The molecule has 0 heterocycles. The summed E-state index contributed by atoms with van der Waals surface area (Å²) in [6.45, 7) is 4.02. The first-order valence-electron chi connectivity index (χ1n) is 12.5. The fourth-order valence-corrected chi connectivity index (χ4v) is 5.31. The molecule has 0 aliphatic heterocycles. The standard InChI is InChI=1S/C28H34N2O5/c1-18(2)24(16-25(31)30-28(26(32)33)14-8-3-9-15-28)29-27(34)35-17-23-21-12-6-4-10-19(21)20-11-5-7-13-22(20)23/h4-7,10-13,18,23-24H,3,8-9,14-17H2,1-2H3,(H,29,34)(H,30,31)(H,32,33)/t24-/m1/s1. The van der Waals surface area contributed by atoms with Gasteiger partial charge in [-0.15, -0.1) is 0 Å². The van der Waals surface area contributed by atoms with Crippen LogP contribution in [0.2, 0.25) is 0 Å². The number of benzene rings is 2. The number of nitrogens with one attached hydrogen (secondary N) is 2. The number of carboxylic acids is 1. The molecule has 35 heavy (non-hydrogen) atoms. The average Bonchev–Trinajstić information content (AvgIpc) is 3.16. The van der Waals surface area contributed by atoms with E-state index in [1.165, 1.54) is 0 Å². The zero-order valence-corrected chi connectivity index (χ0v) is 20.4. The van der Waals surface area contributed by atoms with E-state index in [1.807, 2.05) is 38.1 Å². The molecule has 2 amide bonds. The lowest BCUT2D eigenvalue weighted by molar-refractivity contribution is -0.149. The summed E-state index contributed by atoms with van der Waals surface area (Å²) in [6.07, 6.45) is 2.81. The lowest BCUT2D eigenvalue weighted by Crippen LogP contribution is -2.56. The summed E-state index contributed by atoms with van der Waals surface area (Å²) < 4.78 is 5.63. The Hall–Kier alpha value is -3.35. The highest BCUT2D eigenvalue weighted by atomic mass is 16.5. The number of amides is 2. The van der Waals surface area contributed by atoms with Crippen molar-refractivity contribution in [3.05, 3.63) is 59.7 Å². The summed E-state index contributed by atoms with van der Waals surface area (Å²) in [5.74, 6) is -1.44. The van der Waals surface area contributed by atoms with Gasteiger partial charge in [0.2, 0.25) is 5.91 Å². The Morgan fingerprint density at radius 2 is 1.54 bits per heavy atom. The summed E-state index contributed by atoms with van der Waals surface area (Å²) in [5, 5.41) is 15.3. The molecule has 7 nitrogen and oxygen atoms in total. The summed E-state index contributed by atoms with van der Waals surface area (Å²) >= 11 is 0. The van der Waals surface area contributed by atoms with Crippen LogP contribution in [0.5, 0.6) is 0 Å². The largest absolute Gasteiger partial charge is 0.480 e. The highest BCUT2D eigenvalue weighted by Gasteiger charge is 2.41. The Bertz CT molecular complexity index is 1040. The fraction of sp³-hybridized carbons (Fsp3) is 0.464. The van der Waals surface area contributed by atoms with Crippen molar-refractivity contribution in [1.29, 1.82) is 0 Å². The summed E-state index contributed by atoms with van der Waals surface area (Å²) in [4.78, 5) is 37.4. The van der Waals surface area contributed by atoms with Crippen LogP contribution in [0.3, 0.4) is 0 Å². The quantitative estimate of drug-likeness (QED) is 0.503. The SMILES string of the molecule is CC(C)[C@@H](CC(=O)NC1(C(=O)O)CCCCC1)NC(=O)OCC1c2ccccc2-c2ccccc21. The van der Waals surface area contributed by atoms with E-state index in [1.54, 1.807) is 0 Å². The minimum absolute atomic E-state index is 0.00308. The predicted octanol–water partition coefficient (Wildman–Crippen LogP) is 4.84. The van der Waals surface area contributed by atoms with Crippen LogP contribution in [0.1, 0.15) is 69.4 Å². The maximum absolute atomic E-state index is 12.8. The minimum Gasteiger partial charge on any atom is -0.480 e. The van der Waals surface area contributed by atoms with Gasteiger partial charge in [-0.2, -0.15) is 0 Å². The van der Waals surface area contributed by atoms with Gasteiger partial charge < -0.3 is 20.5 Å². The Morgan fingerprint density at radius 3 is 2.09 bits per heavy atom. The average molecular weight is 479 g/mol. The first-order chi connectivity index (χ1) is 16.8. The molecule has 0 spiro atoms. The third-order valence-electron chi connectivity index (χ3n) is 7.35. The normalized spacial score (nSPS) is 17.2. The van der Waals surface area contributed by atoms with Gasteiger partial charge in [0.05, 0.1) is 0 Å². The highest BCUT2D eigenvalue weighted by Crippen LogP contribution is 2.44. The van der Waals surface area contributed by atoms with E-state index in [0.717, 1.165) is 41.5 Å². The van der Waals surface area contributed by atoms with Crippen molar-refractivity contribution in [1.82, 2.24) is 10.6 Å². The van der Waals surface area contributed by atoms with Crippen LogP contribution in [0.25, 0.3) is 11.1 Å². The van der Waals surface area contributed by atoms with Crippen molar-refractivity contribution in [2.24, 2.45) is 5.92 Å². The van der Waals surface area contributed by atoms with Gasteiger partial charge in [-0.3, -0.25) is 4.79 Å². The highest BCUT2D eigenvalue weighted by molar-refractivity contribution is 5.87. The number of rotatable bonds is 8. The lowest BCUT2D eigenvalue weighted by Gasteiger charge is -2.34. The van der Waals surface area contributed by atoms with Crippen molar-refractivity contribution < 1.29 is 24.2 Å². The second kappa shape index (κ2) is 10.5. The molecule has 1 atom stereocenters. The van der Waals surface area contributed by atoms with Crippen LogP contribution in [0.4, 0.5) is 4.79 Å². The van der Waals surface area contributed by atoms with Gasteiger partial charge in [-0.25, -0.2) is 9.59 Å². The number of aliphatic carboxylic acids is 1. The van der Waals surface area contributed by atoms with Crippen molar-refractivity contribution in [3.8, 4) is 11.1 Å². The molecule has 2 aliphatic rings.